The van der Waals surface area contributed by atoms with Crippen molar-refractivity contribution in [1.82, 2.24) is 15.1 Å². The Bertz CT molecular complexity index is 1350. The fourth-order valence-corrected chi connectivity index (χ4v) is 4.62. The maximum Gasteiger partial charge on any atom is 0.273 e. The smallest absolute Gasteiger partial charge is 0.273 e. The van der Waals surface area contributed by atoms with E-state index in [4.69, 9.17) is 16.3 Å². The summed E-state index contributed by atoms with van der Waals surface area (Å²) in [6.07, 6.45) is 0. The van der Waals surface area contributed by atoms with E-state index in [1.54, 1.807) is 12.1 Å². The Labute approximate surface area is 202 Å². The lowest BCUT2D eigenvalue weighted by molar-refractivity contribution is 0.0730. The van der Waals surface area contributed by atoms with E-state index in [1.807, 2.05) is 73.3 Å². The molecule has 0 aliphatic carbocycles. The lowest BCUT2D eigenvalue weighted by Crippen LogP contribution is -2.29. The normalized spacial score (nSPS) is 15.0. The molecule has 0 bridgehead atoms. The molecular formula is C27H24ClN3O3. The van der Waals surface area contributed by atoms with Crippen molar-refractivity contribution in [2.45, 2.75) is 26.4 Å². The van der Waals surface area contributed by atoms with Gasteiger partial charge in [-0.2, -0.15) is 5.10 Å². The van der Waals surface area contributed by atoms with Gasteiger partial charge in [-0.3, -0.25) is 9.89 Å². The van der Waals surface area contributed by atoms with Crippen LogP contribution in [0.5, 0.6) is 11.5 Å². The molecule has 3 aromatic carbocycles. The molecule has 2 N–H and O–H groups in total. The molecule has 4 aromatic rings. The van der Waals surface area contributed by atoms with Crippen LogP contribution in [0, 0.1) is 6.92 Å². The van der Waals surface area contributed by atoms with Crippen LogP contribution in [0.3, 0.4) is 0 Å². The number of amides is 1. The SMILES string of the molecule is CCOc1ccc(C2c3c(-c4cc(Cl)c(C)cc4O)n[nH]c3C(=O)N2Cc2ccccc2)cc1. The number of hydrogen-bond donors (Lipinski definition) is 2. The first-order valence-electron chi connectivity index (χ1n) is 11.1. The van der Waals surface area contributed by atoms with Gasteiger partial charge in [-0.05, 0) is 54.8 Å². The average molecular weight is 474 g/mol. The third-order valence-electron chi connectivity index (χ3n) is 6.10. The quantitative estimate of drug-likeness (QED) is 0.366. The number of nitrogens with zero attached hydrogens (tertiary/aromatic N) is 2. The van der Waals surface area contributed by atoms with E-state index in [1.165, 1.54) is 0 Å². The Morgan fingerprint density at radius 1 is 1.12 bits per heavy atom. The monoisotopic (exact) mass is 473 g/mol. The van der Waals surface area contributed by atoms with E-state index in [0.717, 1.165) is 28.0 Å². The lowest BCUT2D eigenvalue weighted by atomic mass is 9.95. The first kappa shape index (κ1) is 22.0. The second kappa shape index (κ2) is 8.88. The van der Waals surface area contributed by atoms with Crippen LogP contribution in [-0.4, -0.2) is 32.7 Å². The number of halogens is 1. The van der Waals surface area contributed by atoms with Gasteiger partial charge in [0.15, 0.2) is 0 Å². The molecule has 172 valence electrons. The number of carbonyl (C=O) groups excluding carboxylic acids is 1. The molecule has 2 heterocycles. The first-order chi connectivity index (χ1) is 16.5. The molecular weight excluding hydrogens is 450 g/mol. The van der Waals surface area contributed by atoms with Crippen molar-refractivity contribution >= 4 is 17.5 Å². The number of aryl methyl sites for hydroxylation is 1. The highest BCUT2D eigenvalue weighted by Crippen LogP contribution is 2.46. The summed E-state index contributed by atoms with van der Waals surface area (Å²) >= 11 is 6.38. The van der Waals surface area contributed by atoms with Crippen LogP contribution < -0.4 is 4.74 Å². The van der Waals surface area contributed by atoms with Gasteiger partial charge >= 0.3 is 0 Å². The Morgan fingerprint density at radius 3 is 2.56 bits per heavy atom. The number of nitrogens with one attached hydrogen (secondary N) is 1. The van der Waals surface area contributed by atoms with Crippen LogP contribution in [0.25, 0.3) is 11.3 Å². The standard InChI is InChI=1S/C27H24ClN3O3/c1-3-34-19-11-9-18(10-12-19)26-23-24(20-14-21(28)16(2)13-22(20)32)29-30-25(23)27(33)31(26)15-17-7-5-4-6-8-17/h4-14,26,32H,3,15H2,1-2H3,(H,29,30). The summed E-state index contributed by atoms with van der Waals surface area (Å²) < 4.78 is 5.61. The molecule has 0 radical (unpaired) electrons. The van der Waals surface area contributed by atoms with Gasteiger partial charge < -0.3 is 14.7 Å². The van der Waals surface area contributed by atoms with Crippen LogP contribution in [0.4, 0.5) is 0 Å². The number of ether oxygens (including phenoxy) is 1. The summed E-state index contributed by atoms with van der Waals surface area (Å²) in [5, 5.41) is 18.6. The second-order valence-electron chi connectivity index (χ2n) is 8.30. The summed E-state index contributed by atoms with van der Waals surface area (Å²) in [4.78, 5) is 15.4. The predicted molar refractivity (Wildman–Crippen MR) is 131 cm³/mol. The van der Waals surface area contributed by atoms with Crippen LogP contribution in [0.1, 0.15) is 45.7 Å². The molecule has 0 saturated heterocycles. The number of rotatable bonds is 6. The molecule has 1 atom stereocenters. The Hall–Kier alpha value is -3.77. The van der Waals surface area contributed by atoms with Crippen LogP contribution >= 0.6 is 11.6 Å². The van der Waals surface area contributed by atoms with Crippen molar-refractivity contribution in [3.63, 3.8) is 0 Å². The minimum Gasteiger partial charge on any atom is -0.507 e. The van der Waals surface area contributed by atoms with E-state index >= 15 is 0 Å². The third-order valence-corrected chi connectivity index (χ3v) is 6.51. The van der Waals surface area contributed by atoms with Gasteiger partial charge in [0.1, 0.15) is 22.9 Å². The number of aromatic amines is 1. The zero-order valence-electron chi connectivity index (χ0n) is 18.9. The van der Waals surface area contributed by atoms with E-state index in [0.29, 0.717) is 35.1 Å². The number of aromatic hydroxyl groups is 1. The predicted octanol–water partition coefficient (Wildman–Crippen LogP) is 5.89. The Kier molecular flexibility index (Phi) is 5.75. The van der Waals surface area contributed by atoms with Crippen molar-refractivity contribution in [3.05, 3.63) is 99.7 Å². The molecule has 7 heteroatoms. The minimum atomic E-state index is -0.397. The van der Waals surface area contributed by atoms with Crippen molar-refractivity contribution in [2.24, 2.45) is 0 Å². The number of hydrogen-bond acceptors (Lipinski definition) is 4. The van der Waals surface area contributed by atoms with Crippen molar-refractivity contribution in [1.29, 1.82) is 0 Å². The van der Waals surface area contributed by atoms with Gasteiger partial charge in [0.05, 0.1) is 12.6 Å². The highest BCUT2D eigenvalue weighted by molar-refractivity contribution is 6.31. The summed E-state index contributed by atoms with van der Waals surface area (Å²) in [7, 11) is 0. The highest BCUT2D eigenvalue weighted by atomic mass is 35.5. The van der Waals surface area contributed by atoms with Gasteiger partial charge in [0.2, 0.25) is 0 Å². The van der Waals surface area contributed by atoms with Crippen molar-refractivity contribution in [3.8, 4) is 22.8 Å². The minimum absolute atomic E-state index is 0.0654. The first-order valence-corrected chi connectivity index (χ1v) is 11.5. The summed E-state index contributed by atoms with van der Waals surface area (Å²) in [5.41, 5.74) is 4.84. The molecule has 1 amide bonds. The average Bonchev–Trinajstić information content (AvgIpc) is 3.37. The third kappa shape index (κ3) is 3.80. The van der Waals surface area contributed by atoms with Gasteiger partial charge in [-0.1, -0.05) is 54.1 Å². The molecule has 1 aliphatic rings. The van der Waals surface area contributed by atoms with Crippen LogP contribution in [0.15, 0.2) is 66.7 Å². The highest BCUT2D eigenvalue weighted by Gasteiger charge is 2.42. The van der Waals surface area contributed by atoms with Gasteiger partial charge in [0.25, 0.3) is 5.91 Å². The van der Waals surface area contributed by atoms with Crippen molar-refractivity contribution < 1.29 is 14.6 Å². The number of H-pyrrole nitrogens is 1. The van der Waals surface area contributed by atoms with E-state index in [2.05, 4.69) is 10.2 Å². The number of phenolic OH excluding ortho intramolecular Hbond substituents is 1. The molecule has 1 unspecified atom stereocenters. The van der Waals surface area contributed by atoms with E-state index in [-0.39, 0.29) is 11.7 Å². The molecule has 1 aromatic heterocycles. The van der Waals surface area contributed by atoms with E-state index < -0.39 is 6.04 Å². The van der Waals surface area contributed by atoms with Crippen LogP contribution in [-0.2, 0) is 6.54 Å². The zero-order valence-corrected chi connectivity index (χ0v) is 19.6. The summed E-state index contributed by atoms with van der Waals surface area (Å²) in [6.45, 7) is 4.77. The fraction of sp³-hybridized carbons (Fsp3) is 0.185. The van der Waals surface area contributed by atoms with Gasteiger partial charge in [-0.15, -0.1) is 0 Å². The molecule has 0 spiro atoms. The molecule has 6 nitrogen and oxygen atoms in total. The number of phenols is 1. The van der Waals surface area contributed by atoms with Gasteiger partial charge in [-0.25, -0.2) is 0 Å². The fourth-order valence-electron chi connectivity index (χ4n) is 4.46. The molecule has 1 aliphatic heterocycles. The van der Waals surface area contributed by atoms with E-state index in [9.17, 15) is 9.90 Å². The molecule has 0 saturated carbocycles. The Morgan fingerprint density at radius 2 is 1.85 bits per heavy atom. The topological polar surface area (TPSA) is 78.5 Å². The number of carbonyl (C=O) groups is 1. The van der Waals surface area contributed by atoms with Crippen molar-refractivity contribution in [2.75, 3.05) is 6.61 Å². The number of benzene rings is 3. The summed E-state index contributed by atoms with van der Waals surface area (Å²) in [5.74, 6) is 0.686. The van der Waals surface area contributed by atoms with Gasteiger partial charge in [0, 0.05) is 22.7 Å². The maximum atomic E-state index is 13.5. The van der Waals surface area contributed by atoms with Crippen LogP contribution in [0.2, 0.25) is 5.02 Å². The largest absolute Gasteiger partial charge is 0.507 e. The summed E-state index contributed by atoms with van der Waals surface area (Å²) in [6, 6.07) is 20.5. The number of fused-ring (bicyclic) bond motifs is 1. The number of aromatic nitrogens is 2. The Balaban J connectivity index is 1.65. The lowest BCUT2D eigenvalue weighted by Gasteiger charge is -2.27. The second-order valence-corrected chi connectivity index (χ2v) is 8.71. The molecule has 5 rings (SSSR count). The maximum absolute atomic E-state index is 13.5. The molecule has 34 heavy (non-hydrogen) atoms. The zero-order chi connectivity index (χ0) is 23.8. The molecule has 0 fully saturated rings.